The Bertz CT molecular complexity index is 659. The lowest BCUT2D eigenvalue weighted by Crippen LogP contribution is -2.38. The third-order valence-electron chi connectivity index (χ3n) is 3.70. The minimum absolute atomic E-state index is 0.138. The Hall–Kier alpha value is -1.91. The van der Waals surface area contributed by atoms with Crippen LogP contribution in [0.2, 0.25) is 5.02 Å². The predicted molar refractivity (Wildman–Crippen MR) is 82.5 cm³/mol. The lowest BCUT2D eigenvalue weighted by molar-refractivity contribution is 0.0949. The molecule has 2 aromatic rings. The summed E-state index contributed by atoms with van der Waals surface area (Å²) in [4.78, 5) is 16.1. The first-order valence-corrected chi connectivity index (χ1v) is 7.32. The number of halogens is 1. The number of pyridine rings is 1. The van der Waals surface area contributed by atoms with E-state index in [2.05, 4.69) is 33.8 Å². The molecular formula is C16H16ClN3O. The van der Waals surface area contributed by atoms with Crippen LogP contribution in [0.1, 0.15) is 27.5 Å². The zero-order chi connectivity index (χ0) is 14.7. The molecule has 2 N–H and O–H groups in total. The van der Waals surface area contributed by atoms with Crippen LogP contribution in [0, 0.1) is 0 Å². The number of nitrogens with one attached hydrogen (secondary N) is 2. The SMILES string of the molecule is O=C(NCC1NCCc2ccccc21)c1ccncc1Cl. The standard InChI is InChI=1S/C16H16ClN3O/c17-14-9-18-7-6-13(14)16(21)20-10-15-12-4-2-1-3-11(12)5-8-19-15/h1-4,6-7,9,15,19H,5,8,10H2,(H,20,21). The molecule has 3 rings (SSSR count). The van der Waals surface area contributed by atoms with Gasteiger partial charge in [-0.2, -0.15) is 0 Å². The zero-order valence-electron chi connectivity index (χ0n) is 11.5. The number of hydrogen-bond acceptors (Lipinski definition) is 3. The molecule has 1 aliphatic rings. The highest BCUT2D eigenvalue weighted by Crippen LogP contribution is 2.22. The molecule has 1 unspecified atom stereocenters. The molecule has 1 aromatic heterocycles. The molecule has 0 fully saturated rings. The Morgan fingerprint density at radius 1 is 1.38 bits per heavy atom. The molecule has 0 saturated carbocycles. The normalized spacial score (nSPS) is 17.1. The minimum Gasteiger partial charge on any atom is -0.350 e. The van der Waals surface area contributed by atoms with E-state index in [0.29, 0.717) is 17.1 Å². The lowest BCUT2D eigenvalue weighted by atomic mass is 9.94. The van der Waals surface area contributed by atoms with Crippen molar-refractivity contribution < 1.29 is 4.79 Å². The smallest absolute Gasteiger partial charge is 0.252 e. The van der Waals surface area contributed by atoms with Gasteiger partial charge in [0.05, 0.1) is 10.6 Å². The molecule has 108 valence electrons. The minimum atomic E-state index is -0.174. The molecule has 0 aliphatic carbocycles. The fourth-order valence-electron chi connectivity index (χ4n) is 2.62. The zero-order valence-corrected chi connectivity index (χ0v) is 12.2. The number of aromatic nitrogens is 1. The Morgan fingerprint density at radius 2 is 2.24 bits per heavy atom. The second-order valence-corrected chi connectivity index (χ2v) is 5.43. The second kappa shape index (κ2) is 6.24. The van der Waals surface area contributed by atoms with Gasteiger partial charge in [0.15, 0.2) is 0 Å². The number of carbonyl (C=O) groups is 1. The van der Waals surface area contributed by atoms with Crippen LogP contribution in [0.15, 0.2) is 42.7 Å². The molecule has 0 saturated heterocycles. The predicted octanol–water partition coefficient (Wildman–Crippen LogP) is 2.35. The summed E-state index contributed by atoms with van der Waals surface area (Å²) in [7, 11) is 0. The molecule has 1 atom stereocenters. The van der Waals surface area contributed by atoms with Gasteiger partial charge in [-0.15, -0.1) is 0 Å². The van der Waals surface area contributed by atoms with Crippen LogP contribution in [0.5, 0.6) is 0 Å². The highest BCUT2D eigenvalue weighted by molar-refractivity contribution is 6.33. The van der Waals surface area contributed by atoms with E-state index in [-0.39, 0.29) is 11.9 Å². The summed E-state index contributed by atoms with van der Waals surface area (Å²) in [5.74, 6) is -0.174. The van der Waals surface area contributed by atoms with Crippen molar-refractivity contribution in [1.82, 2.24) is 15.6 Å². The Kier molecular flexibility index (Phi) is 4.18. The number of amides is 1. The van der Waals surface area contributed by atoms with Gasteiger partial charge >= 0.3 is 0 Å². The lowest BCUT2D eigenvalue weighted by Gasteiger charge is -2.27. The summed E-state index contributed by atoms with van der Waals surface area (Å²) in [5.41, 5.74) is 3.05. The van der Waals surface area contributed by atoms with Gasteiger partial charge in [-0.25, -0.2) is 0 Å². The van der Waals surface area contributed by atoms with E-state index < -0.39 is 0 Å². The number of benzene rings is 1. The number of fused-ring (bicyclic) bond motifs is 1. The maximum absolute atomic E-state index is 12.2. The average Bonchev–Trinajstić information content (AvgIpc) is 2.53. The number of hydrogen-bond donors (Lipinski definition) is 2. The molecule has 0 spiro atoms. The van der Waals surface area contributed by atoms with Crippen molar-refractivity contribution >= 4 is 17.5 Å². The van der Waals surface area contributed by atoms with Gasteiger partial charge in [-0.05, 0) is 30.2 Å². The molecule has 0 bridgehead atoms. The third-order valence-corrected chi connectivity index (χ3v) is 4.00. The van der Waals surface area contributed by atoms with E-state index in [4.69, 9.17) is 11.6 Å². The molecule has 1 aliphatic heterocycles. The third kappa shape index (κ3) is 3.06. The van der Waals surface area contributed by atoms with E-state index in [1.165, 1.54) is 17.3 Å². The molecule has 0 radical (unpaired) electrons. The monoisotopic (exact) mass is 301 g/mol. The van der Waals surface area contributed by atoms with Crippen LogP contribution in [0.4, 0.5) is 0 Å². The number of nitrogens with zero attached hydrogens (tertiary/aromatic N) is 1. The molecule has 1 amide bonds. The van der Waals surface area contributed by atoms with Gasteiger partial charge < -0.3 is 10.6 Å². The van der Waals surface area contributed by atoms with Crippen molar-refractivity contribution in [3.05, 3.63) is 64.4 Å². The van der Waals surface area contributed by atoms with Gasteiger partial charge in [0.2, 0.25) is 0 Å². The number of carbonyl (C=O) groups excluding carboxylic acids is 1. The van der Waals surface area contributed by atoms with Gasteiger partial charge in [0, 0.05) is 25.0 Å². The Morgan fingerprint density at radius 3 is 3.10 bits per heavy atom. The van der Waals surface area contributed by atoms with Crippen molar-refractivity contribution in [3.63, 3.8) is 0 Å². The first-order chi connectivity index (χ1) is 10.3. The Labute approximate surface area is 128 Å². The van der Waals surface area contributed by atoms with E-state index in [9.17, 15) is 4.79 Å². The molecule has 2 heterocycles. The van der Waals surface area contributed by atoms with Crippen molar-refractivity contribution in [1.29, 1.82) is 0 Å². The molecule has 4 nitrogen and oxygen atoms in total. The summed E-state index contributed by atoms with van der Waals surface area (Å²) < 4.78 is 0. The average molecular weight is 302 g/mol. The van der Waals surface area contributed by atoms with E-state index in [1.54, 1.807) is 12.3 Å². The topological polar surface area (TPSA) is 54.0 Å². The van der Waals surface area contributed by atoms with Crippen LogP contribution in [0.3, 0.4) is 0 Å². The maximum Gasteiger partial charge on any atom is 0.252 e. The van der Waals surface area contributed by atoms with Crippen molar-refractivity contribution in [2.24, 2.45) is 0 Å². The van der Waals surface area contributed by atoms with Crippen LogP contribution in [-0.2, 0) is 6.42 Å². The first-order valence-electron chi connectivity index (χ1n) is 6.94. The molecule has 1 aromatic carbocycles. The molecule has 5 heteroatoms. The Balaban J connectivity index is 1.69. The van der Waals surface area contributed by atoms with Crippen LogP contribution >= 0.6 is 11.6 Å². The fraction of sp³-hybridized carbons (Fsp3) is 0.250. The van der Waals surface area contributed by atoms with E-state index in [0.717, 1.165) is 13.0 Å². The summed E-state index contributed by atoms with van der Waals surface area (Å²) in [6, 6.07) is 10.1. The largest absolute Gasteiger partial charge is 0.350 e. The number of rotatable bonds is 3. The summed E-state index contributed by atoms with van der Waals surface area (Å²) in [5, 5.41) is 6.74. The maximum atomic E-state index is 12.2. The van der Waals surface area contributed by atoms with Gasteiger partial charge in [-0.1, -0.05) is 35.9 Å². The van der Waals surface area contributed by atoms with Crippen molar-refractivity contribution in [2.45, 2.75) is 12.5 Å². The highest BCUT2D eigenvalue weighted by Gasteiger charge is 2.20. The van der Waals surface area contributed by atoms with E-state index in [1.807, 2.05) is 6.07 Å². The quantitative estimate of drug-likeness (QED) is 0.915. The van der Waals surface area contributed by atoms with Gasteiger partial charge in [0.25, 0.3) is 5.91 Å². The molecular weight excluding hydrogens is 286 g/mol. The van der Waals surface area contributed by atoms with E-state index >= 15 is 0 Å². The van der Waals surface area contributed by atoms with Gasteiger partial charge in [0.1, 0.15) is 0 Å². The first kappa shape index (κ1) is 14.0. The summed E-state index contributed by atoms with van der Waals surface area (Å²) in [6.07, 6.45) is 4.07. The molecule has 21 heavy (non-hydrogen) atoms. The van der Waals surface area contributed by atoms with Crippen molar-refractivity contribution in [2.75, 3.05) is 13.1 Å². The second-order valence-electron chi connectivity index (χ2n) is 5.02. The highest BCUT2D eigenvalue weighted by atomic mass is 35.5. The van der Waals surface area contributed by atoms with Crippen LogP contribution in [0.25, 0.3) is 0 Å². The summed E-state index contributed by atoms with van der Waals surface area (Å²) >= 11 is 5.98. The van der Waals surface area contributed by atoms with Gasteiger partial charge in [-0.3, -0.25) is 9.78 Å². The van der Waals surface area contributed by atoms with Crippen LogP contribution in [-0.4, -0.2) is 24.0 Å². The van der Waals surface area contributed by atoms with Crippen molar-refractivity contribution in [3.8, 4) is 0 Å². The fourth-order valence-corrected chi connectivity index (χ4v) is 2.83. The van der Waals surface area contributed by atoms with Crippen LogP contribution < -0.4 is 10.6 Å². The summed E-state index contributed by atoms with van der Waals surface area (Å²) in [6.45, 7) is 1.46.